The highest BCUT2D eigenvalue weighted by molar-refractivity contribution is 7.98. The minimum Gasteiger partial charge on any atom is -0.494 e. The Morgan fingerprint density at radius 2 is 1.85 bits per heavy atom. The van der Waals surface area contributed by atoms with Gasteiger partial charge in [0, 0.05) is 10.6 Å². The Balaban J connectivity index is 1.58. The van der Waals surface area contributed by atoms with Gasteiger partial charge in [-0.1, -0.05) is 23.9 Å². The summed E-state index contributed by atoms with van der Waals surface area (Å²) in [5.41, 5.74) is 3.11. The van der Waals surface area contributed by atoms with Gasteiger partial charge in [0.1, 0.15) is 10.6 Å². The molecule has 4 aromatic rings. The van der Waals surface area contributed by atoms with E-state index in [0.29, 0.717) is 17.5 Å². The number of hydrogen-bond acceptors (Lipinski definition) is 6. The Labute approximate surface area is 205 Å². The number of fused-ring (bicyclic) bond motifs is 3. The fourth-order valence-corrected chi connectivity index (χ4v) is 6.53. The van der Waals surface area contributed by atoms with E-state index in [1.54, 1.807) is 40.2 Å². The molecule has 0 saturated carbocycles. The molecule has 5 rings (SSSR count). The summed E-state index contributed by atoms with van der Waals surface area (Å²) in [6.07, 6.45) is 4.19. The third kappa shape index (κ3) is 4.35. The Kier molecular flexibility index (Phi) is 6.43. The molecule has 2 aromatic carbocycles. The number of nitrogens with zero attached hydrogens (tertiary/aromatic N) is 2. The Bertz CT molecular complexity index is 1410. The van der Waals surface area contributed by atoms with E-state index in [4.69, 9.17) is 14.8 Å². The predicted octanol–water partition coefficient (Wildman–Crippen LogP) is 5.72. The second-order valence-corrected chi connectivity index (χ2v) is 10.2. The van der Waals surface area contributed by atoms with Crippen molar-refractivity contribution < 1.29 is 14.6 Å². The van der Waals surface area contributed by atoms with Gasteiger partial charge in [0.2, 0.25) is 0 Å². The van der Waals surface area contributed by atoms with Crippen LogP contribution in [0.25, 0.3) is 15.9 Å². The number of carboxylic acids is 1. The lowest BCUT2D eigenvalue weighted by Crippen LogP contribution is -2.22. The van der Waals surface area contributed by atoms with E-state index >= 15 is 0 Å². The average Bonchev–Trinajstić information content (AvgIpc) is 3.22. The zero-order chi connectivity index (χ0) is 23.7. The van der Waals surface area contributed by atoms with Gasteiger partial charge in [0.15, 0.2) is 5.16 Å². The van der Waals surface area contributed by atoms with Crippen molar-refractivity contribution in [3.05, 3.63) is 80.5 Å². The Morgan fingerprint density at radius 1 is 1.12 bits per heavy atom. The third-order valence-electron chi connectivity index (χ3n) is 5.93. The number of carbonyl (C=O) groups is 1. The van der Waals surface area contributed by atoms with Crippen LogP contribution in [-0.4, -0.2) is 27.2 Å². The molecule has 0 unspecified atom stereocenters. The van der Waals surface area contributed by atoms with Gasteiger partial charge in [-0.3, -0.25) is 9.36 Å². The molecule has 34 heavy (non-hydrogen) atoms. The topological polar surface area (TPSA) is 81.4 Å². The van der Waals surface area contributed by atoms with Gasteiger partial charge in [0.05, 0.1) is 23.2 Å². The van der Waals surface area contributed by atoms with Gasteiger partial charge in [-0.15, -0.1) is 11.3 Å². The molecule has 0 saturated heterocycles. The van der Waals surface area contributed by atoms with Gasteiger partial charge in [-0.25, -0.2) is 9.78 Å². The standard InChI is InChI=1S/C26H24N2O4S2/c1-2-32-19-13-11-18(12-14-19)28-24(29)22-20-5-3-4-6-21(20)34-23(22)27-26(28)33-15-16-7-9-17(10-8-16)25(30)31/h7-14H,2-6,15H2,1H3,(H,30,31). The number of benzene rings is 2. The molecular formula is C26H24N2O4S2. The van der Waals surface area contributed by atoms with Gasteiger partial charge >= 0.3 is 5.97 Å². The second-order valence-electron chi connectivity index (χ2n) is 8.14. The first-order valence-corrected chi connectivity index (χ1v) is 13.1. The van der Waals surface area contributed by atoms with Crippen molar-refractivity contribution in [1.82, 2.24) is 9.55 Å². The first kappa shape index (κ1) is 22.7. The van der Waals surface area contributed by atoms with Crippen molar-refractivity contribution in [1.29, 1.82) is 0 Å². The summed E-state index contributed by atoms with van der Waals surface area (Å²) >= 11 is 3.12. The third-order valence-corrected chi connectivity index (χ3v) is 8.13. The van der Waals surface area contributed by atoms with Crippen molar-refractivity contribution in [3.8, 4) is 11.4 Å². The number of hydrogen-bond donors (Lipinski definition) is 1. The van der Waals surface area contributed by atoms with Crippen molar-refractivity contribution in [3.63, 3.8) is 0 Å². The van der Waals surface area contributed by atoms with E-state index in [1.807, 2.05) is 31.2 Å². The van der Waals surface area contributed by atoms with E-state index in [1.165, 1.54) is 22.2 Å². The predicted molar refractivity (Wildman–Crippen MR) is 136 cm³/mol. The summed E-state index contributed by atoms with van der Waals surface area (Å²) < 4.78 is 7.28. The summed E-state index contributed by atoms with van der Waals surface area (Å²) in [5, 5.41) is 10.5. The van der Waals surface area contributed by atoms with Crippen molar-refractivity contribution >= 4 is 39.3 Å². The van der Waals surface area contributed by atoms with Crippen LogP contribution in [-0.2, 0) is 18.6 Å². The van der Waals surface area contributed by atoms with Gasteiger partial charge in [-0.2, -0.15) is 0 Å². The van der Waals surface area contributed by atoms with Crippen LogP contribution in [0.3, 0.4) is 0 Å². The number of aromatic carboxylic acids is 1. The van der Waals surface area contributed by atoms with Crippen LogP contribution < -0.4 is 10.3 Å². The lowest BCUT2D eigenvalue weighted by atomic mass is 9.97. The van der Waals surface area contributed by atoms with Gasteiger partial charge in [-0.05, 0) is 80.1 Å². The molecule has 1 N–H and O–H groups in total. The number of thiophene rings is 1. The molecule has 6 nitrogen and oxygen atoms in total. The maximum absolute atomic E-state index is 13.8. The molecule has 0 atom stereocenters. The summed E-state index contributed by atoms with van der Waals surface area (Å²) in [6, 6.07) is 14.3. The maximum Gasteiger partial charge on any atom is 0.335 e. The van der Waals surface area contributed by atoms with Crippen molar-refractivity contribution in [2.24, 2.45) is 0 Å². The average molecular weight is 493 g/mol. The molecule has 8 heteroatoms. The Morgan fingerprint density at radius 3 is 2.56 bits per heavy atom. The van der Waals surface area contributed by atoms with Crippen LogP contribution in [0.15, 0.2) is 58.5 Å². The van der Waals surface area contributed by atoms with Gasteiger partial charge in [0.25, 0.3) is 5.56 Å². The highest BCUT2D eigenvalue weighted by atomic mass is 32.2. The number of carboxylic acid groups (broad SMARTS) is 1. The number of ether oxygens (including phenoxy) is 1. The first-order chi connectivity index (χ1) is 16.5. The summed E-state index contributed by atoms with van der Waals surface area (Å²) in [7, 11) is 0. The number of thioether (sulfide) groups is 1. The Hall–Kier alpha value is -3.10. The molecule has 0 amide bonds. The van der Waals surface area contributed by atoms with Crippen LogP contribution in [0.1, 0.15) is 46.1 Å². The smallest absolute Gasteiger partial charge is 0.335 e. The minimum absolute atomic E-state index is 0.0303. The second kappa shape index (κ2) is 9.64. The molecule has 0 bridgehead atoms. The lowest BCUT2D eigenvalue weighted by Gasteiger charge is -2.14. The normalized spacial score (nSPS) is 13.1. The zero-order valence-electron chi connectivity index (χ0n) is 18.7. The molecule has 0 radical (unpaired) electrons. The molecule has 0 fully saturated rings. The SMILES string of the molecule is CCOc1ccc(-n2c(SCc3ccc(C(=O)O)cc3)nc3sc4c(c3c2=O)CCCC4)cc1. The van der Waals surface area contributed by atoms with Crippen LogP contribution in [0.4, 0.5) is 0 Å². The minimum atomic E-state index is -0.947. The van der Waals surface area contributed by atoms with E-state index < -0.39 is 5.97 Å². The molecule has 2 aromatic heterocycles. The molecule has 174 valence electrons. The first-order valence-electron chi connectivity index (χ1n) is 11.3. The van der Waals surface area contributed by atoms with Crippen LogP contribution in [0.2, 0.25) is 0 Å². The van der Waals surface area contributed by atoms with Crippen LogP contribution in [0.5, 0.6) is 5.75 Å². The van der Waals surface area contributed by atoms with Crippen LogP contribution >= 0.6 is 23.1 Å². The molecule has 1 aliphatic carbocycles. The molecular weight excluding hydrogens is 468 g/mol. The number of aromatic nitrogens is 2. The van der Waals surface area contributed by atoms with Crippen molar-refractivity contribution in [2.45, 2.75) is 43.5 Å². The summed E-state index contributed by atoms with van der Waals surface area (Å²) in [6.45, 7) is 2.52. The lowest BCUT2D eigenvalue weighted by molar-refractivity contribution is 0.0697. The van der Waals surface area contributed by atoms with Crippen molar-refractivity contribution in [2.75, 3.05) is 6.61 Å². The van der Waals surface area contributed by atoms with Gasteiger partial charge < -0.3 is 9.84 Å². The van der Waals surface area contributed by atoms with E-state index in [0.717, 1.165) is 52.9 Å². The zero-order valence-corrected chi connectivity index (χ0v) is 20.4. The summed E-state index contributed by atoms with van der Waals surface area (Å²) in [5.74, 6) is 0.381. The molecule has 1 aliphatic rings. The largest absolute Gasteiger partial charge is 0.494 e. The highest BCUT2D eigenvalue weighted by Crippen LogP contribution is 2.35. The monoisotopic (exact) mass is 492 g/mol. The molecule has 0 aliphatic heterocycles. The summed E-state index contributed by atoms with van der Waals surface area (Å²) in [4.78, 5) is 32.0. The maximum atomic E-state index is 13.8. The number of aryl methyl sites for hydroxylation is 2. The van der Waals surface area contributed by atoms with E-state index in [-0.39, 0.29) is 11.1 Å². The molecule has 2 heterocycles. The quantitative estimate of drug-likeness (QED) is 0.263. The fraction of sp³-hybridized carbons (Fsp3) is 0.269. The van der Waals surface area contributed by atoms with E-state index in [2.05, 4.69) is 0 Å². The molecule has 0 spiro atoms. The van der Waals surface area contributed by atoms with Crippen LogP contribution in [0, 0.1) is 0 Å². The van der Waals surface area contributed by atoms with E-state index in [9.17, 15) is 9.59 Å². The fourth-order valence-electron chi connectivity index (χ4n) is 4.26. The number of rotatable bonds is 7. The highest BCUT2D eigenvalue weighted by Gasteiger charge is 2.23.